The number of hydrogen-bond acceptors (Lipinski definition) is 6. The number of aliphatic hydroxyl groups is 1. The average Bonchev–Trinajstić information content (AvgIpc) is 2.87. The first-order valence-electron chi connectivity index (χ1n) is 7.69. The summed E-state index contributed by atoms with van der Waals surface area (Å²) in [4.78, 5) is 2.20. The Bertz CT molecular complexity index is 483. The van der Waals surface area contributed by atoms with Crippen LogP contribution in [0.4, 0.5) is 11.4 Å². The predicted octanol–water partition coefficient (Wildman–Crippen LogP) is 1.71. The summed E-state index contributed by atoms with van der Waals surface area (Å²) >= 11 is 0. The fourth-order valence-corrected chi connectivity index (χ4v) is 2.74. The Labute approximate surface area is 131 Å². The van der Waals surface area contributed by atoms with Gasteiger partial charge >= 0.3 is 0 Å². The Morgan fingerprint density at radius 3 is 2.73 bits per heavy atom. The molecule has 0 amide bonds. The maximum absolute atomic E-state index is 8.72. The highest BCUT2D eigenvalue weighted by Gasteiger charge is 2.25. The van der Waals surface area contributed by atoms with Crippen LogP contribution in [-0.4, -0.2) is 43.7 Å². The number of fused-ring (bicyclic) bond motifs is 1. The van der Waals surface area contributed by atoms with E-state index in [1.165, 1.54) is 11.3 Å². The minimum absolute atomic E-state index is 0.0208. The van der Waals surface area contributed by atoms with Gasteiger partial charge in [-0.3, -0.25) is 0 Å². The smallest absolute Gasteiger partial charge is 0.160 e. The van der Waals surface area contributed by atoms with Crippen LogP contribution in [0.25, 0.3) is 0 Å². The summed E-state index contributed by atoms with van der Waals surface area (Å²) in [5.41, 5.74) is 9.04. The van der Waals surface area contributed by atoms with Crippen LogP contribution in [0.1, 0.15) is 26.3 Å². The van der Waals surface area contributed by atoms with Crippen molar-refractivity contribution in [2.75, 3.05) is 30.4 Å². The number of nitrogen functional groups attached to an aromatic ring is 1. The molecule has 0 aliphatic carbocycles. The molecular weight excluding hydrogens is 284 g/mol. The van der Waals surface area contributed by atoms with E-state index in [9.17, 15) is 0 Å². The molecule has 6 nitrogen and oxygen atoms in total. The van der Waals surface area contributed by atoms with Gasteiger partial charge in [-0.15, -0.1) is 0 Å². The Morgan fingerprint density at radius 1 is 1.23 bits per heavy atom. The molecule has 3 N–H and O–H groups in total. The molecule has 1 heterocycles. The maximum atomic E-state index is 8.72. The number of nitrogens with two attached hydrogens (primary N) is 1. The average molecular weight is 310 g/mol. The van der Waals surface area contributed by atoms with Crippen molar-refractivity contribution in [3.63, 3.8) is 0 Å². The maximum Gasteiger partial charge on any atom is 0.160 e. The Balaban J connectivity index is 1.87. The fourth-order valence-electron chi connectivity index (χ4n) is 2.74. The first-order valence-corrected chi connectivity index (χ1v) is 7.69. The monoisotopic (exact) mass is 310 g/mol. The molecule has 2 rings (SSSR count). The number of aliphatic hydroxyl groups excluding tert-OH is 1. The van der Waals surface area contributed by atoms with Crippen LogP contribution >= 0.6 is 0 Å². The van der Waals surface area contributed by atoms with Crippen molar-refractivity contribution in [2.24, 2.45) is 0 Å². The van der Waals surface area contributed by atoms with E-state index in [0.717, 1.165) is 18.7 Å². The Hall–Kier alpha value is -1.34. The summed E-state index contributed by atoms with van der Waals surface area (Å²) in [6, 6.07) is 5.97. The largest absolute Gasteiger partial charge is 0.399 e. The van der Waals surface area contributed by atoms with Crippen LogP contribution in [0, 0.1) is 0 Å². The lowest BCUT2D eigenvalue weighted by molar-refractivity contribution is -0.244. The first-order chi connectivity index (χ1) is 10.5. The molecule has 0 radical (unpaired) electrons. The summed E-state index contributed by atoms with van der Waals surface area (Å²) in [6.07, 6.45) is 0.0470. The minimum Gasteiger partial charge on any atom is -0.399 e. The van der Waals surface area contributed by atoms with Crippen LogP contribution in [0.2, 0.25) is 0 Å². The molecule has 0 bridgehead atoms. The number of nitrogens with zero attached hydrogens (tertiary/aromatic N) is 1. The summed E-state index contributed by atoms with van der Waals surface area (Å²) < 4.78 is 16.7. The molecular formula is C16H26N2O4. The molecule has 124 valence electrons. The van der Waals surface area contributed by atoms with Crippen LogP contribution in [0.3, 0.4) is 0 Å². The van der Waals surface area contributed by atoms with Gasteiger partial charge in [0.15, 0.2) is 12.6 Å². The lowest BCUT2D eigenvalue weighted by Gasteiger charge is -2.30. The van der Waals surface area contributed by atoms with Gasteiger partial charge in [0.1, 0.15) is 6.23 Å². The molecule has 0 aromatic heterocycles. The number of hydrogen-bond donors (Lipinski definition) is 2. The zero-order valence-electron chi connectivity index (χ0n) is 13.5. The molecule has 1 aliphatic rings. The van der Waals surface area contributed by atoms with Gasteiger partial charge in [0.2, 0.25) is 0 Å². The van der Waals surface area contributed by atoms with Gasteiger partial charge in [0.25, 0.3) is 0 Å². The molecule has 3 unspecified atom stereocenters. The topological polar surface area (TPSA) is 77.2 Å². The third-order valence-electron chi connectivity index (χ3n) is 3.69. The van der Waals surface area contributed by atoms with Crippen molar-refractivity contribution >= 4 is 11.4 Å². The molecule has 0 saturated carbocycles. The van der Waals surface area contributed by atoms with E-state index in [0.29, 0.717) is 0 Å². The van der Waals surface area contributed by atoms with E-state index in [-0.39, 0.29) is 19.4 Å². The second-order valence-corrected chi connectivity index (χ2v) is 5.43. The van der Waals surface area contributed by atoms with Gasteiger partial charge in [0, 0.05) is 17.9 Å². The predicted molar refractivity (Wildman–Crippen MR) is 85.5 cm³/mol. The Kier molecular flexibility index (Phi) is 6.02. The summed E-state index contributed by atoms with van der Waals surface area (Å²) in [7, 11) is 0. The highest BCUT2D eigenvalue weighted by atomic mass is 16.8. The third-order valence-corrected chi connectivity index (χ3v) is 3.69. The molecule has 0 fully saturated rings. The number of anilines is 2. The molecule has 0 saturated heterocycles. The zero-order chi connectivity index (χ0) is 16.1. The van der Waals surface area contributed by atoms with Gasteiger partial charge in [-0.05, 0) is 51.0 Å². The van der Waals surface area contributed by atoms with Crippen molar-refractivity contribution in [3.05, 3.63) is 23.8 Å². The third kappa shape index (κ3) is 4.33. The van der Waals surface area contributed by atoms with E-state index in [4.69, 9.17) is 25.1 Å². The molecule has 22 heavy (non-hydrogen) atoms. The van der Waals surface area contributed by atoms with Gasteiger partial charge in [0.05, 0.1) is 13.2 Å². The van der Waals surface area contributed by atoms with Crippen molar-refractivity contribution in [3.8, 4) is 0 Å². The molecule has 1 aromatic carbocycles. The molecule has 3 atom stereocenters. The number of ether oxygens (including phenoxy) is 3. The van der Waals surface area contributed by atoms with Gasteiger partial charge in [-0.1, -0.05) is 0 Å². The van der Waals surface area contributed by atoms with E-state index in [1.54, 1.807) is 6.92 Å². The van der Waals surface area contributed by atoms with Crippen LogP contribution < -0.4 is 10.6 Å². The van der Waals surface area contributed by atoms with Crippen molar-refractivity contribution in [1.29, 1.82) is 0 Å². The normalized spacial score (nSPS) is 18.1. The minimum atomic E-state index is -0.417. The number of rotatable bonds is 8. The van der Waals surface area contributed by atoms with Crippen LogP contribution in [0.15, 0.2) is 18.2 Å². The highest BCUT2D eigenvalue weighted by molar-refractivity contribution is 5.63. The number of benzene rings is 1. The van der Waals surface area contributed by atoms with Crippen molar-refractivity contribution in [2.45, 2.75) is 46.0 Å². The summed E-state index contributed by atoms with van der Waals surface area (Å²) in [5, 5.41) is 8.72. The molecule has 0 spiro atoms. The Morgan fingerprint density at radius 2 is 2.00 bits per heavy atom. The molecule has 6 heteroatoms. The van der Waals surface area contributed by atoms with Crippen molar-refractivity contribution in [1.82, 2.24) is 0 Å². The van der Waals surface area contributed by atoms with Gasteiger partial charge in [-0.2, -0.15) is 0 Å². The standard InChI is InChI=1S/C16H26N2O4/c1-11(21-13(3)22-12(2)20-9-8-19)18-7-6-14-10-15(17)4-5-16(14)18/h4-5,10-13,19H,6-9,17H2,1-3H3. The lowest BCUT2D eigenvalue weighted by Crippen LogP contribution is -2.37. The van der Waals surface area contributed by atoms with E-state index in [2.05, 4.69) is 4.90 Å². The highest BCUT2D eigenvalue weighted by Crippen LogP contribution is 2.31. The quantitative estimate of drug-likeness (QED) is 0.562. The van der Waals surface area contributed by atoms with E-state index < -0.39 is 12.6 Å². The van der Waals surface area contributed by atoms with Crippen LogP contribution in [0.5, 0.6) is 0 Å². The second-order valence-electron chi connectivity index (χ2n) is 5.43. The first kappa shape index (κ1) is 17.0. The van der Waals surface area contributed by atoms with Gasteiger partial charge in [-0.25, -0.2) is 0 Å². The summed E-state index contributed by atoms with van der Waals surface area (Å²) in [6.45, 7) is 6.77. The fraction of sp³-hybridized carbons (Fsp3) is 0.625. The van der Waals surface area contributed by atoms with Crippen molar-refractivity contribution < 1.29 is 19.3 Å². The molecule has 1 aliphatic heterocycles. The van der Waals surface area contributed by atoms with E-state index in [1.807, 2.05) is 32.0 Å². The lowest BCUT2D eigenvalue weighted by atomic mass is 10.1. The SMILES string of the molecule is CC(OCCO)OC(C)OC(C)N1CCc2cc(N)ccc21. The van der Waals surface area contributed by atoms with E-state index >= 15 is 0 Å². The molecule has 1 aromatic rings. The second kappa shape index (κ2) is 7.78. The van der Waals surface area contributed by atoms with Crippen LogP contribution in [-0.2, 0) is 20.6 Å². The zero-order valence-corrected chi connectivity index (χ0v) is 13.5. The van der Waals surface area contributed by atoms with Gasteiger partial charge < -0.3 is 30.0 Å². The summed E-state index contributed by atoms with van der Waals surface area (Å²) in [5.74, 6) is 0.